The number of hydrogen-bond donors (Lipinski definition) is 1. The van der Waals surface area contributed by atoms with Crippen LogP contribution in [0.15, 0.2) is 41.7 Å². The van der Waals surface area contributed by atoms with Gasteiger partial charge in [-0.25, -0.2) is 13.8 Å². The average molecular weight is 549 g/mol. The molecule has 2 fully saturated rings. The predicted octanol–water partition coefficient (Wildman–Crippen LogP) is 3.24. The van der Waals surface area contributed by atoms with Crippen molar-refractivity contribution in [2.75, 3.05) is 38.1 Å². The summed E-state index contributed by atoms with van der Waals surface area (Å²) in [6, 6.07) is 6.50. The first-order chi connectivity index (χ1) is 19.2. The van der Waals surface area contributed by atoms with Gasteiger partial charge in [0.25, 0.3) is 5.56 Å². The zero-order chi connectivity index (χ0) is 28.7. The lowest BCUT2D eigenvalue weighted by molar-refractivity contribution is -0.126. The van der Waals surface area contributed by atoms with Gasteiger partial charge < -0.3 is 19.8 Å². The summed E-state index contributed by atoms with van der Waals surface area (Å²) in [5.41, 5.74) is -1.24. The van der Waals surface area contributed by atoms with E-state index in [1.54, 1.807) is 4.90 Å². The Morgan fingerprint density at radius 2 is 2.05 bits per heavy atom. The number of rotatable bonds is 5. The van der Waals surface area contributed by atoms with Gasteiger partial charge in [-0.05, 0) is 57.6 Å². The molecule has 4 heterocycles. The smallest absolute Gasteiger partial charge is 0.272 e. The Morgan fingerprint density at radius 3 is 2.67 bits per heavy atom. The van der Waals surface area contributed by atoms with Crippen LogP contribution < -0.4 is 10.5 Å². The Morgan fingerprint density at radius 1 is 1.27 bits per heavy atom. The van der Waals surface area contributed by atoms with E-state index in [-0.39, 0.29) is 53.4 Å². The number of pyridine rings is 2. The number of likely N-dealkylation sites (N-methyl/N-ethyl adjacent to an activating group) is 1. The molecule has 0 radical (unpaired) electrons. The lowest BCUT2D eigenvalue weighted by Crippen LogP contribution is -2.54. The van der Waals surface area contributed by atoms with Gasteiger partial charge in [0.15, 0.2) is 5.82 Å². The van der Waals surface area contributed by atoms with Crippen molar-refractivity contribution in [1.82, 2.24) is 19.4 Å². The molecule has 2 aliphatic rings. The highest BCUT2D eigenvalue weighted by molar-refractivity contribution is 5.95. The van der Waals surface area contributed by atoms with Crippen LogP contribution >= 0.6 is 0 Å². The first-order valence-electron chi connectivity index (χ1n) is 13.2. The summed E-state index contributed by atoms with van der Waals surface area (Å²) in [5.74, 6) is -2.48. The summed E-state index contributed by atoms with van der Waals surface area (Å²) < 4.78 is 31.9. The van der Waals surface area contributed by atoms with E-state index in [9.17, 15) is 24.3 Å². The summed E-state index contributed by atoms with van der Waals surface area (Å²) in [7, 11) is 1.95. The Bertz CT molecular complexity index is 1590. The quantitative estimate of drug-likeness (QED) is 0.488. The molecule has 1 N–H and O–H groups in total. The van der Waals surface area contributed by atoms with Crippen LogP contribution in [0.3, 0.4) is 0 Å². The van der Waals surface area contributed by atoms with Gasteiger partial charge >= 0.3 is 0 Å². The van der Waals surface area contributed by atoms with Crippen LogP contribution in [0.1, 0.15) is 25.3 Å². The third kappa shape index (κ3) is 4.58. The molecule has 2 saturated heterocycles. The number of benzene rings is 1. The number of phenols is 1. The summed E-state index contributed by atoms with van der Waals surface area (Å²) in [6.45, 7) is 7.36. The number of piperazine rings is 1. The first kappa shape index (κ1) is 27.3. The van der Waals surface area contributed by atoms with Crippen molar-refractivity contribution in [3.8, 4) is 23.1 Å². The fourth-order valence-electron chi connectivity index (χ4n) is 5.86. The maximum absolute atomic E-state index is 15.8. The number of carbonyl (C=O) groups excluding carboxylic acids is 1. The SMILES string of the molecule is C=CC(=O)N1CCN(c2c(C#N)c(=O)n(C[C@@H]3CCCN3C)c3nc(-c4c(O)cccc4F)c(F)cc23)[C@@H](C)C1. The van der Waals surface area contributed by atoms with E-state index in [2.05, 4.69) is 16.5 Å². The summed E-state index contributed by atoms with van der Waals surface area (Å²) in [5, 5.41) is 20.8. The summed E-state index contributed by atoms with van der Waals surface area (Å²) in [4.78, 5) is 36.2. The second kappa shape index (κ2) is 10.7. The lowest BCUT2D eigenvalue weighted by Gasteiger charge is -2.41. The number of amides is 1. The summed E-state index contributed by atoms with van der Waals surface area (Å²) in [6.07, 6.45) is 3.00. The Hall–Kier alpha value is -4.30. The van der Waals surface area contributed by atoms with Gasteiger partial charge in [0.2, 0.25) is 5.91 Å². The largest absolute Gasteiger partial charge is 0.507 e. The van der Waals surface area contributed by atoms with Crippen LogP contribution in [0.25, 0.3) is 22.3 Å². The zero-order valence-corrected chi connectivity index (χ0v) is 22.4. The number of nitrogens with zero attached hydrogens (tertiary/aromatic N) is 6. The molecule has 2 aromatic heterocycles. The van der Waals surface area contributed by atoms with Gasteiger partial charge in [-0.1, -0.05) is 12.6 Å². The standard InChI is InChI=1S/C29H30F2N6O3/c1-4-24(39)35-11-12-36(17(2)15-35)27-19-13-22(31)26(25-21(30)8-5-9-23(25)38)33-28(19)37(29(40)20(27)14-32)16-18-7-6-10-34(18)3/h4-5,8-9,13,17-18,38H,1,6-7,10-12,15-16H2,2-3H3/t17-,18-/m0/s1. The number of nitriles is 1. The van der Waals surface area contributed by atoms with Crippen molar-refractivity contribution >= 4 is 22.6 Å². The average Bonchev–Trinajstić information content (AvgIpc) is 3.34. The van der Waals surface area contributed by atoms with E-state index in [0.717, 1.165) is 31.5 Å². The van der Waals surface area contributed by atoms with E-state index in [1.165, 1.54) is 22.8 Å². The molecule has 2 aliphatic heterocycles. The van der Waals surface area contributed by atoms with Crippen molar-refractivity contribution < 1.29 is 18.7 Å². The van der Waals surface area contributed by atoms with Gasteiger partial charge in [0.1, 0.15) is 34.5 Å². The number of aromatic nitrogens is 2. The molecule has 0 bridgehead atoms. The van der Waals surface area contributed by atoms with Crippen molar-refractivity contribution in [1.29, 1.82) is 5.26 Å². The number of hydrogen-bond acceptors (Lipinski definition) is 7. The van der Waals surface area contributed by atoms with Gasteiger partial charge in [-0.15, -0.1) is 0 Å². The number of carbonyl (C=O) groups is 1. The molecular formula is C29H30F2N6O3. The maximum Gasteiger partial charge on any atom is 0.272 e. The molecule has 40 heavy (non-hydrogen) atoms. The van der Waals surface area contributed by atoms with Gasteiger partial charge in [0, 0.05) is 43.6 Å². The van der Waals surface area contributed by atoms with Crippen LogP contribution in [0.5, 0.6) is 5.75 Å². The van der Waals surface area contributed by atoms with E-state index in [4.69, 9.17) is 0 Å². The number of anilines is 1. The highest BCUT2D eigenvalue weighted by atomic mass is 19.1. The Labute approximate surface area is 230 Å². The highest BCUT2D eigenvalue weighted by Crippen LogP contribution is 2.37. The monoisotopic (exact) mass is 548 g/mol. The first-order valence-corrected chi connectivity index (χ1v) is 13.2. The number of halogens is 2. The van der Waals surface area contributed by atoms with Crippen molar-refractivity contribution in [2.45, 2.75) is 38.4 Å². The minimum atomic E-state index is -0.908. The van der Waals surface area contributed by atoms with E-state index in [1.807, 2.05) is 24.9 Å². The lowest BCUT2D eigenvalue weighted by atomic mass is 10.0. The molecule has 1 aromatic carbocycles. The topological polar surface area (TPSA) is 106 Å². The van der Waals surface area contributed by atoms with Crippen LogP contribution in [0, 0.1) is 23.0 Å². The van der Waals surface area contributed by atoms with E-state index < -0.39 is 34.2 Å². The molecule has 0 unspecified atom stereocenters. The van der Waals surface area contributed by atoms with Gasteiger partial charge in [-0.2, -0.15) is 5.26 Å². The highest BCUT2D eigenvalue weighted by Gasteiger charge is 2.33. The predicted molar refractivity (Wildman–Crippen MR) is 147 cm³/mol. The van der Waals surface area contributed by atoms with Crippen molar-refractivity contribution in [2.24, 2.45) is 0 Å². The van der Waals surface area contributed by atoms with Crippen molar-refractivity contribution in [3.63, 3.8) is 0 Å². The number of phenolic OH excluding ortho intramolecular Hbond substituents is 1. The zero-order valence-electron chi connectivity index (χ0n) is 22.4. The fourth-order valence-corrected chi connectivity index (χ4v) is 5.86. The second-order valence-electron chi connectivity index (χ2n) is 10.4. The van der Waals surface area contributed by atoms with Crippen LogP contribution in [0.4, 0.5) is 14.5 Å². The van der Waals surface area contributed by atoms with Crippen molar-refractivity contribution in [3.05, 3.63) is 64.5 Å². The minimum Gasteiger partial charge on any atom is -0.507 e. The minimum absolute atomic E-state index is 0.0113. The third-order valence-corrected chi connectivity index (χ3v) is 7.97. The molecule has 11 heteroatoms. The molecule has 0 spiro atoms. The Balaban J connectivity index is 1.77. The third-order valence-electron chi connectivity index (χ3n) is 7.97. The van der Waals surface area contributed by atoms with E-state index in [0.29, 0.717) is 13.1 Å². The molecule has 9 nitrogen and oxygen atoms in total. The number of fused-ring (bicyclic) bond motifs is 1. The fraction of sp³-hybridized carbons (Fsp3) is 0.379. The molecule has 5 rings (SSSR count). The molecular weight excluding hydrogens is 518 g/mol. The van der Waals surface area contributed by atoms with Crippen LogP contribution in [-0.4, -0.2) is 75.7 Å². The normalized spacial score (nSPS) is 19.7. The molecule has 0 aliphatic carbocycles. The molecule has 2 atom stereocenters. The second-order valence-corrected chi connectivity index (χ2v) is 10.4. The maximum atomic E-state index is 15.8. The van der Waals surface area contributed by atoms with Crippen LogP contribution in [0.2, 0.25) is 0 Å². The number of aromatic hydroxyl groups is 1. The van der Waals surface area contributed by atoms with Gasteiger partial charge in [-0.3, -0.25) is 14.2 Å². The van der Waals surface area contributed by atoms with Crippen LogP contribution in [-0.2, 0) is 11.3 Å². The summed E-state index contributed by atoms with van der Waals surface area (Å²) >= 11 is 0. The molecule has 1 amide bonds. The van der Waals surface area contributed by atoms with E-state index >= 15 is 4.39 Å². The molecule has 0 saturated carbocycles. The number of likely N-dealkylation sites (tertiary alicyclic amines) is 1. The molecule has 3 aromatic rings. The molecule has 208 valence electrons. The Kier molecular flexibility index (Phi) is 7.29. The van der Waals surface area contributed by atoms with Gasteiger partial charge in [0.05, 0.1) is 11.3 Å².